The normalized spacial score (nSPS) is 10.8. The lowest BCUT2D eigenvalue weighted by molar-refractivity contribution is -0.115. The molecular formula is C17H19N5OS. The summed E-state index contributed by atoms with van der Waals surface area (Å²) in [5.74, 6) is 0.874. The van der Waals surface area contributed by atoms with Crippen LogP contribution in [0.2, 0.25) is 0 Å². The zero-order valence-corrected chi connectivity index (χ0v) is 14.4. The van der Waals surface area contributed by atoms with E-state index in [1.54, 1.807) is 24.2 Å². The summed E-state index contributed by atoms with van der Waals surface area (Å²) < 4.78 is 1.93. The third kappa shape index (κ3) is 3.68. The number of rotatable bonds is 6. The monoisotopic (exact) mass is 341 g/mol. The summed E-state index contributed by atoms with van der Waals surface area (Å²) in [6.45, 7) is 2.47. The Hall–Kier alpha value is -2.54. The second kappa shape index (κ2) is 7.35. The van der Waals surface area contributed by atoms with Crippen molar-refractivity contribution in [3.05, 3.63) is 48.5 Å². The number of carbonyl (C=O) groups is 1. The fourth-order valence-electron chi connectivity index (χ4n) is 2.46. The fourth-order valence-corrected chi connectivity index (χ4v) is 2.92. The van der Waals surface area contributed by atoms with Crippen molar-refractivity contribution in [2.24, 2.45) is 0 Å². The van der Waals surface area contributed by atoms with Gasteiger partial charge in [0.15, 0.2) is 5.65 Å². The third-order valence-electron chi connectivity index (χ3n) is 3.60. The summed E-state index contributed by atoms with van der Waals surface area (Å²) >= 11 is 1.65. The van der Waals surface area contributed by atoms with Crippen molar-refractivity contribution in [1.29, 1.82) is 0 Å². The molecule has 0 unspecified atom stereocenters. The van der Waals surface area contributed by atoms with Gasteiger partial charge in [-0.15, -0.1) is 11.8 Å². The number of aromatic nitrogens is 3. The molecule has 1 amide bonds. The van der Waals surface area contributed by atoms with Crippen molar-refractivity contribution in [1.82, 2.24) is 14.4 Å². The van der Waals surface area contributed by atoms with Crippen molar-refractivity contribution >= 4 is 34.8 Å². The van der Waals surface area contributed by atoms with Gasteiger partial charge in [-0.25, -0.2) is 4.98 Å². The molecule has 0 aliphatic carbocycles. The lowest BCUT2D eigenvalue weighted by Crippen LogP contribution is -2.17. The first-order valence-corrected chi connectivity index (χ1v) is 8.86. The SMILES string of the molecule is CSc1cccc(NC(=O)CCNc2c(C)nc3cnccn23)c1. The molecule has 124 valence electrons. The zero-order chi connectivity index (χ0) is 16.9. The molecule has 0 aliphatic heterocycles. The molecule has 24 heavy (non-hydrogen) atoms. The lowest BCUT2D eigenvalue weighted by atomic mass is 10.3. The number of aryl methyl sites for hydroxylation is 1. The molecule has 2 aromatic heterocycles. The van der Waals surface area contributed by atoms with Gasteiger partial charge in [-0.3, -0.25) is 14.2 Å². The second-order valence-corrected chi connectivity index (χ2v) is 6.19. The number of benzene rings is 1. The van der Waals surface area contributed by atoms with Gasteiger partial charge in [-0.2, -0.15) is 0 Å². The molecule has 0 saturated heterocycles. The highest BCUT2D eigenvalue weighted by Gasteiger charge is 2.09. The largest absolute Gasteiger partial charge is 0.369 e. The molecule has 3 rings (SSSR count). The molecule has 1 aromatic carbocycles. The van der Waals surface area contributed by atoms with Crippen LogP contribution in [0.15, 0.2) is 47.8 Å². The summed E-state index contributed by atoms with van der Waals surface area (Å²) in [6.07, 6.45) is 7.67. The minimum Gasteiger partial charge on any atom is -0.369 e. The highest BCUT2D eigenvalue weighted by atomic mass is 32.2. The molecule has 0 saturated carbocycles. The quantitative estimate of drug-likeness (QED) is 0.674. The number of amides is 1. The van der Waals surface area contributed by atoms with Crippen LogP contribution < -0.4 is 10.6 Å². The molecule has 7 heteroatoms. The van der Waals surface area contributed by atoms with Gasteiger partial charge < -0.3 is 10.6 Å². The van der Waals surface area contributed by atoms with Crippen LogP contribution in [-0.4, -0.2) is 33.1 Å². The summed E-state index contributed by atoms with van der Waals surface area (Å²) in [4.78, 5) is 21.7. The topological polar surface area (TPSA) is 71.3 Å². The Labute approximate surface area is 144 Å². The lowest BCUT2D eigenvalue weighted by Gasteiger charge is -2.09. The molecule has 0 aliphatic rings. The van der Waals surface area contributed by atoms with E-state index in [2.05, 4.69) is 20.6 Å². The minimum absolute atomic E-state index is 0.0195. The van der Waals surface area contributed by atoms with Crippen molar-refractivity contribution < 1.29 is 4.79 Å². The number of nitrogens with zero attached hydrogens (tertiary/aromatic N) is 3. The Kier molecular flexibility index (Phi) is 5.00. The van der Waals surface area contributed by atoms with E-state index in [9.17, 15) is 4.79 Å². The van der Waals surface area contributed by atoms with E-state index in [0.29, 0.717) is 13.0 Å². The number of fused-ring (bicyclic) bond motifs is 1. The fraction of sp³-hybridized carbons (Fsp3) is 0.235. The maximum atomic E-state index is 12.1. The van der Waals surface area contributed by atoms with Crippen LogP contribution >= 0.6 is 11.8 Å². The van der Waals surface area contributed by atoms with Crippen molar-refractivity contribution in [3.8, 4) is 0 Å². The second-order valence-electron chi connectivity index (χ2n) is 5.31. The Morgan fingerprint density at radius 3 is 3.08 bits per heavy atom. The van der Waals surface area contributed by atoms with Gasteiger partial charge >= 0.3 is 0 Å². The van der Waals surface area contributed by atoms with Crippen LogP contribution in [0, 0.1) is 6.92 Å². The number of carbonyl (C=O) groups excluding carboxylic acids is 1. The molecule has 2 N–H and O–H groups in total. The molecule has 3 aromatic rings. The summed E-state index contributed by atoms with van der Waals surface area (Å²) in [7, 11) is 0. The number of anilines is 2. The van der Waals surface area contributed by atoms with Crippen LogP contribution in [0.5, 0.6) is 0 Å². The van der Waals surface area contributed by atoms with E-state index in [1.807, 2.05) is 48.0 Å². The van der Waals surface area contributed by atoms with Gasteiger partial charge in [0.25, 0.3) is 0 Å². The molecular weight excluding hydrogens is 322 g/mol. The predicted molar refractivity (Wildman–Crippen MR) is 97.7 cm³/mol. The maximum absolute atomic E-state index is 12.1. The van der Waals surface area contributed by atoms with E-state index in [0.717, 1.165) is 27.7 Å². The average molecular weight is 341 g/mol. The number of hydrogen-bond donors (Lipinski definition) is 2. The Bertz CT molecular complexity index is 861. The van der Waals surface area contributed by atoms with Crippen molar-refractivity contribution in [3.63, 3.8) is 0 Å². The molecule has 0 bridgehead atoms. The van der Waals surface area contributed by atoms with Gasteiger partial charge in [0, 0.05) is 35.9 Å². The smallest absolute Gasteiger partial charge is 0.226 e. The van der Waals surface area contributed by atoms with Crippen molar-refractivity contribution in [2.75, 3.05) is 23.4 Å². The van der Waals surface area contributed by atoms with Gasteiger partial charge in [0.05, 0.1) is 11.9 Å². The van der Waals surface area contributed by atoms with Crippen LogP contribution in [-0.2, 0) is 4.79 Å². The van der Waals surface area contributed by atoms with Crippen LogP contribution in [0.25, 0.3) is 5.65 Å². The summed E-state index contributed by atoms with van der Waals surface area (Å²) in [5, 5.41) is 6.21. The number of imidazole rings is 1. The van der Waals surface area contributed by atoms with Gasteiger partial charge in [0.1, 0.15) is 5.82 Å². The van der Waals surface area contributed by atoms with E-state index in [4.69, 9.17) is 0 Å². The third-order valence-corrected chi connectivity index (χ3v) is 4.33. The van der Waals surface area contributed by atoms with Crippen LogP contribution in [0.4, 0.5) is 11.5 Å². The maximum Gasteiger partial charge on any atom is 0.226 e. The molecule has 0 atom stereocenters. The summed E-state index contributed by atoms with van der Waals surface area (Å²) in [5.41, 5.74) is 2.50. The van der Waals surface area contributed by atoms with E-state index < -0.39 is 0 Å². The highest BCUT2D eigenvalue weighted by molar-refractivity contribution is 7.98. The number of hydrogen-bond acceptors (Lipinski definition) is 5. The van der Waals surface area contributed by atoms with Gasteiger partial charge in [-0.1, -0.05) is 6.07 Å². The Morgan fingerprint density at radius 1 is 1.38 bits per heavy atom. The first-order chi connectivity index (χ1) is 11.7. The molecule has 0 fully saturated rings. The van der Waals surface area contributed by atoms with Crippen molar-refractivity contribution in [2.45, 2.75) is 18.2 Å². The molecule has 0 spiro atoms. The minimum atomic E-state index is -0.0195. The Balaban J connectivity index is 1.57. The van der Waals surface area contributed by atoms with E-state index >= 15 is 0 Å². The molecule has 2 heterocycles. The van der Waals surface area contributed by atoms with Crippen LogP contribution in [0.3, 0.4) is 0 Å². The van der Waals surface area contributed by atoms with E-state index in [-0.39, 0.29) is 5.91 Å². The summed E-state index contributed by atoms with van der Waals surface area (Å²) in [6, 6.07) is 7.82. The average Bonchev–Trinajstić information content (AvgIpc) is 2.91. The highest BCUT2D eigenvalue weighted by Crippen LogP contribution is 2.19. The van der Waals surface area contributed by atoms with Crippen LogP contribution in [0.1, 0.15) is 12.1 Å². The van der Waals surface area contributed by atoms with Gasteiger partial charge in [-0.05, 0) is 31.4 Å². The zero-order valence-electron chi connectivity index (χ0n) is 13.6. The first-order valence-electron chi connectivity index (χ1n) is 7.64. The number of nitrogens with one attached hydrogen (secondary N) is 2. The standard InChI is InChI=1S/C17H19N5OS/c1-12-17(22-9-8-18-11-15(22)20-12)19-7-6-16(23)21-13-4-3-5-14(10-13)24-2/h3-5,8-11,19H,6-7H2,1-2H3,(H,21,23). The predicted octanol–water partition coefficient (Wildman–Crippen LogP) is 3.20. The van der Waals surface area contributed by atoms with E-state index in [1.165, 1.54) is 0 Å². The number of thioether (sulfide) groups is 1. The molecule has 0 radical (unpaired) electrons. The molecule has 6 nitrogen and oxygen atoms in total. The van der Waals surface area contributed by atoms with Gasteiger partial charge in [0.2, 0.25) is 5.91 Å². The Morgan fingerprint density at radius 2 is 2.25 bits per heavy atom. The first kappa shape index (κ1) is 16.3.